The zero-order chi connectivity index (χ0) is 20.0. The van der Waals surface area contributed by atoms with Gasteiger partial charge in [0.2, 0.25) is 0 Å². The number of carbonyl (C=O) groups excluding carboxylic acids is 3. The number of thioether (sulfide) groups is 1. The highest BCUT2D eigenvalue weighted by Gasteiger charge is 2.80. The van der Waals surface area contributed by atoms with Crippen LogP contribution in [0.25, 0.3) is 0 Å². The lowest BCUT2D eigenvalue weighted by Crippen LogP contribution is -2.77. The van der Waals surface area contributed by atoms with Crippen molar-refractivity contribution in [2.75, 3.05) is 0 Å². The lowest BCUT2D eigenvalue weighted by atomic mass is 9.79. The average Bonchev–Trinajstić information content (AvgIpc) is 3.10. The van der Waals surface area contributed by atoms with Crippen LogP contribution in [0, 0.1) is 11.8 Å². The summed E-state index contributed by atoms with van der Waals surface area (Å²) in [7, 11) is 2.65. The van der Waals surface area contributed by atoms with Crippen molar-refractivity contribution in [2.45, 2.75) is 76.3 Å². The molecular weight excluding hydrogens is 436 g/mol. The van der Waals surface area contributed by atoms with E-state index >= 15 is 0 Å². The first kappa shape index (κ1) is 18.1. The summed E-state index contributed by atoms with van der Waals surface area (Å²) in [5.74, 6) is -1.29. The third-order valence-electron chi connectivity index (χ3n) is 8.24. The van der Waals surface area contributed by atoms with Crippen molar-refractivity contribution in [2.24, 2.45) is 11.8 Å². The maximum absolute atomic E-state index is 14.1. The molecule has 11 atom stereocenters. The molecule has 0 aromatic heterocycles. The van der Waals surface area contributed by atoms with Crippen molar-refractivity contribution < 1.29 is 29.7 Å². The molecule has 7 rings (SSSR count). The number of nitrogens with zero attached hydrogens (tertiary/aromatic N) is 2. The van der Waals surface area contributed by atoms with Gasteiger partial charge in [0.1, 0.15) is 5.78 Å². The Labute approximate surface area is 178 Å². The molecule has 7 fully saturated rings. The van der Waals surface area contributed by atoms with E-state index in [9.17, 15) is 29.7 Å². The number of aliphatic hydroxyl groups is 3. The molecule has 0 aromatic rings. The molecule has 3 N–H and O–H groups in total. The Morgan fingerprint density at radius 2 is 1.59 bits per heavy atom. The maximum atomic E-state index is 14.1. The Hall–Kier alpha value is -0.460. The Bertz CT molecular complexity index is 886. The molecular formula is C18H20N2O6S3. The summed E-state index contributed by atoms with van der Waals surface area (Å²) < 4.78 is 0. The minimum atomic E-state index is -1.21. The highest BCUT2D eigenvalue weighted by atomic mass is 33.1. The molecule has 5 heterocycles. The molecule has 11 heteroatoms. The second-order valence-electron chi connectivity index (χ2n) is 9.41. The Balaban J connectivity index is 1.43. The van der Waals surface area contributed by atoms with Crippen LogP contribution >= 0.6 is 33.3 Å². The number of piperazine rings is 1. The number of rotatable bonds is 0. The molecule has 2 aliphatic carbocycles. The lowest BCUT2D eigenvalue weighted by molar-refractivity contribution is -0.172. The first-order valence-electron chi connectivity index (χ1n) is 10.1. The van der Waals surface area contributed by atoms with E-state index in [-0.39, 0.29) is 46.9 Å². The third kappa shape index (κ3) is 1.78. The lowest BCUT2D eigenvalue weighted by Gasteiger charge is -2.58. The largest absolute Gasteiger partial charge is 0.393 e. The van der Waals surface area contributed by atoms with E-state index < -0.39 is 46.1 Å². The van der Waals surface area contributed by atoms with E-state index in [0.29, 0.717) is 12.8 Å². The van der Waals surface area contributed by atoms with Crippen molar-refractivity contribution in [3.8, 4) is 0 Å². The van der Waals surface area contributed by atoms with Crippen LogP contribution in [0.4, 0.5) is 0 Å². The quantitative estimate of drug-likeness (QED) is 0.401. The van der Waals surface area contributed by atoms with Crippen LogP contribution < -0.4 is 0 Å². The van der Waals surface area contributed by atoms with Gasteiger partial charge in [0.25, 0.3) is 11.8 Å². The first-order chi connectivity index (χ1) is 13.8. The molecule has 5 saturated heterocycles. The third-order valence-corrected chi connectivity index (χ3v) is 13.4. The van der Waals surface area contributed by atoms with Crippen LogP contribution in [0.15, 0.2) is 0 Å². The predicted octanol–water partition coefficient (Wildman–Crippen LogP) is -0.835. The zero-order valence-electron chi connectivity index (χ0n) is 15.2. The van der Waals surface area contributed by atoms with E-state index in [2.05, 4.69) is 0 Å². The summed E-state index contributed by atoms with van der Waals surface area (Å²) in [6.45, 7) is 0. The van der Waals surface area contributed by atoms with Gasteiger partial charge in [-0.15, -0.1) is 11.8 Å². The van der Waals surface area contributed by atoms with Gasteiger partial charge in [0, 0.05) is 29.9 Å². The summed E-state index contributed by atoms with van der Waals surface area (Å²) >= 11 is 1.30. The number of hydrogen-bond donors (Lipinski definition) is 3. The summed E-state index contributed by atoms with van der Waals surface area (Å²) in [6.07, 6.45) is -1.03. The SMILES string of the molecule is O=C1CC2SSC34CC1C(C2O)N3C(=O)C12CC3C(O)CC(S1)C(O)C3N2C4=O. The smallest absolute Gasteiger partial charge is 0.261 e. The highest BCUT2D eigenvalue weighted by Crippen LogP contribution is 2.68. The minimum absolute atomic E-state index is 0.0243. The van der Waals surface area contributed by atoms with Crippen molar-refractivity contribution in [3.63, 3.8) is 0 Å². The molecule has 29 heavy (non-hydrogen) atoms. The van der Waals surface area contributed by atoms with Gasteiger partial charge in [-0.3, -0.25) is 14.4 Å². The van der Waals surface area contributed by atoms with Gasteiger partial charge in [-0.1, -0.05) is 21.6 Å². The number of Topliss-reactive ketones (excluding diaryl/α,β-unsaturated/α-hetero) is 1. The summed E-state index contributed by atoms with van der Waals surface area (Å²) in [4.78, 5) is 41.7. The van der Waals surface area contributed by atoms with Crippen LogP contribution in [-0.4, -0.2) is 93.4 Å². The fourth-order valence-corrected chi connectivity index (χ4v) is 12.5. The number of amides is 2. The molecule has 2 amide bonds. The fraction of sp³-hybridized carbons (Fsp3) is 0.833. The topological polar surface area (TPSA) is 118 Å². The van der Waals surface area contributed by atoms with Crippen molar-refractivity contribution in [1.82, 2.24) is 9.80 Å². The molecule has 8 nitrogen and oxygen atoms in total. The number of ketones is 1. The number of hydrogen-bond acceptors (Lipinski definition) is 9. The monoisotopic (exact) mass is 456 g/mol. The molecule has 0 spiro atoms. The molecule has 7 aliphatic rings. The second kappa shape index (κ2) is 5.29. The summed E-state index contributed by atoms with van der Waals surface area (Å²) in [5.41, 5.74) is 0. The zero-order valence-corrected chi connectivity index (χ0v) is 17.7. The standard InChI is InChI=1S/C18H20N2O6S3/c21-7-1-9-13(23)11-5(7)3-17(27-9)15(25)20-12-6-4-18(20,16(26)19(11)17)29-28-10(14(12)24)2-8(6)22/h5-7,9-14,21,23-24H,1-4H2. The first-order valence-corrected chi connectivity index (χ1v) is 13.2. The van der Waals surface area contributed by atoms with Crippen molar-refractivity contribution in [3.05, 3.63) is 0 Å². The van der Waals surface area contributed by atoms with Crippen LogP contribution in [0.2, 0.25) is 0 Å². The average molecular weight is 457 g/mol. The second-order valence-corrected chi connectivity index (χ2v) is 13.6. The van der Waals surface area contributed by atoms with Gasteiger partial charge in [-0.2, -0.15) is 0 Å². The Morgan fingerprint density at radius 1 is 0.897 bits per heavy atom. The van der Waals surface area contributed by atoms with Crippen LogP contribution in [0.5, 0.6) is 0 Å². The summed E-state index contributed by atoms with van der Waals surface area (Å²) in [6, 6.07) is -1.23. The summed E-state index contributed by atoms with van der Waals surface area (Å²) in [5, 5.41) is 31.9. The van der Waals surface area contributed by atoms with E-state index in [1.165, 1.54) is 33.3 Å². The molecule has 11 unspecified atom stereocenters. The van der Waals surface area contributed by atoms with Gasteiger partial charge >= 0.3 is 0 Å². The molecule has 6 bridgehead atoms. The fourth-order valence-electron chi connectivity index (χ4n) is 7.06. The van der Waals surface area contributed by atoms with Crippen LogP contribution in [-0.2, 0) is 14.4 Å². The number of fused-ring (bicyclic) bond motifs is 2. The predicted molar refractivity (Wildman–Crippen MR) is 106 cm³/mol. The van der Waals surface area contributed by atoms with E-state index in [1.54, 1.807) is 9.80 Å². The Morgan fingerprint density at radius 3 is 2.38 bits per heavy atom. The number of carbonyl (C=O) groups is 3. The van der Waals surface area contributed by atoms with Crippen LogP contribution in [0.3, 0.4) is 0 Å². The van der Waals surface area contributed by atoms with Crippen LogP contribution in [0.1, 0.15) is 25.7 Å². The Kier molecular flexibility index (Phi) is 3.31. The van der Waals surface area contributed by atoms with Gasteiger partial charge in [0.15, 0.2) is 9.74 Å². The van der Waals surface area contributed by atoms with E-state index in [1.807, 2.05) is 0 Å². The van der Waals surface area contributed by atoms with Gasteiger partial charge in [-0.05, 0) is 12.8 Å². The molecule has 156 valence electrons. The van der Waals surface area contributed by atoms with Crippen molar-refractivity contribution >= 4 is 50.9 Å². The van der Waals surface area contributed by atoms with Gasteiger partial charge < -0.3 is 25.1 Å². The van der Waals surface area contributed by atoms with Crippen molar-refractivity contribution in [1.29, 1.82) is 0 Å². The van der Waals surface area contributed by atoms with Gasteiger partial charge in [0.05, 0.1) is 35.6 Å². The van der Waals surface area contributed by atoms with E-state index in [0.717, 1.165) is 0 Å². The molecule has 5 aliphatic heterocycles. The van der Waals surface area contributed by atoms with E-state index in [4.69, 9.17) is 0 Å². The molecule has 2 saturated carbocycles. The normalized spacial score (nSPS) is 59.3. The minimum Gasteiger partial charge on any atom is -0.393 e. The highest BCUT2D eigenvalue weighted by molar-refractivity contribution is 8.77. The maximum Gasteiger partial charge on any atom is 0.261 e. The molecule has 0 radical (unpaired) electrons. The molecule has 0 aromatic carbocycles. The van der Waals surface area contributed by atoms with Gasteiger partial charge in [-0.25, -0.2) is 0 Å². The number of aliphatic hydroxyl groups excluding tert-OH is 3.